The van der Waals surface area contributed by atoms with Crippen LogP contribution in [0.2, 0.25) is 24.7 Å². The molecule has 0 aromatic heterocycles. The lowest BCUT2D eigenvalue weighted by molar-refractivity contribution is -0.139. The number of methoxy groups -OCH3 is 1. The van der Waals surface area contributed by atoms with Gasteiger partial charge in [0.15, 0.2) is 0 Å². The zero-order chi connectivity index (χ0) is 20.5. The summed E-state index contributed by atoms with van der Waals surface area (Å²) in [6.45, 7) is 7.72. The van der Waals surface area contributed by atoms with Gasteiger partial charge in [-0.25, -0.2) is 0 Å². The Labute approximate surface area is 172 Å². The van der Waals surface area contributed by atoms with Gasteiger partial charge < -0.3 is 9.47 Å². The lowest BCUT2D eigenvalue weighted by atomic mass is 9.64. The first-order valence-corrected chi connectivity index (χ1v) is 13.6. The van der Waals surface area contributed by atoms with Crippen LogP contribution in [0.1, 0.15) is 42.7 Å². The second kappa shape index (κ2) is 8.02. The Morgan fingerprint density at radius 3 is 2.29 bits per heavy atom. The molecule has 0 amide bonds. The molecule has 1 aromatic carbocycles. The summed E-state index contributed by atoms with van der Waals surface area (Å²) in [4.78, 5) is 26.1. The van der Waals surface area contributed by atoms with E-state index in [0.717, 1.165) is 18.4 Å². The quantitative estimate of drug-likeness (QED) is 0.406. The van der Waals surface area contributed by atoms with Crippen LogP contribution in [-0.2, 0) is 14.3 Å². The van der Waals surface area contributed by atoms with Gasteiger partial charge >= 0.3 is 0 Å². The minimum atomic E-state index is -1.54. The van der Waals surface area contributed by atoms with Gasteiger partial charge in [-0.2, -0.15) is 0 Å². The number of rotatable bonds is 2. The molecular weight excluding hydrogens is 392 g/mol. The molecule has 1 saturated heterocycles. The van der Waals surface area contributed by atoms with Gasteiger partial charge in [-0.3, -0.25) is 9.59 Å². The van der Waals surface area contributed by atoms with Crippen LogP contribution >= 0.6 is 11.6 Å². The van der Waals surface area contributed by atoms with E-state index in [0.29, 0.717) is 42.4 Å². The first kappa shape index (κ1) is 21.1. The molecule has 6 heteroatoms. The predicted molar refractivity (Wildman–Crippen MR) is 113 cm³/mol. The molecule has 1 aliphatic carbocycles. The Balaban J connectivity index is 1.95. The average molecular weight is 419 g/mol. The maximum absolute atomic E-state index is 13.0. The summed E-state index contributed by atoms with van der Waals surface area (Å²) >= 11 is 6.54. The summed E-state index contributed by atoms with van der Waals surface area (Å²) in [5.74, 6) is 2.63. The van der Waals surface area contributed by atoms with E-state index in [4.69, 9.17) is 21.1 Å². The van der Waals surface area contributed by atoms with Crippen LogP contribution in [0.15, 0.2) is 12.1 Å². The molecule has 3 rings (SSSR count). The van der Waals surface area contributed by atoms with Crippen molar-refractivity contribution in [2.75, 3.05) is 20.3 Å². The van der Waals surface area contributed by atoms with Gasteiger partial charge in [-0.05, 0) is 30.4 Å². The number of ether oxygens (including phenoxy) is 2. The van der Waals surface area contributed by atoms with E-state index in [1.54, 1.807) is 12.1 Å². The molecule has 2 fully saturated rings. The van der Waals surface area contributed by atoms with Crippen molar-refractivity contribution in [2.45, 2.75) is 51.2 Å². The molecule has 2 aliphatic rings. The van der Waals surface area contributed by atoms with E-state index in [1.165, 1.54) is 7.11 Å². The number of hydrogen-bond acceptors (Lipinski definition) is 4. The first-order chi connectivity index (χ1) is 13.1. The Kier molecular flexibility index (Phi) is 6.05. The summed E-state index contributed by atoms with van der Waals surface area (Å²) in [5, 5.41) is 0.369. The van der Waals surface area contributed by atoms with Crippen molar-refractivity contribution >= 4 is 31.2 Å². The highest BCUT2D eigenvalue weighted by molar-refractivity contribution is 6.83. The molecule has 1 spiro atoms. The standard InChI is InChI=1S/C22H27ClO4Si/c1-26-19-12-15(5-10-28(2,3)4)11-16(23)20(19)21-17(24)13-22(14-18(21)25)6-8-27-9-7-22/h11-12,21H,6-9,13-14H2,1-4H3. The largest absolute Gasteiger partial charge is 0.496 e. The zero-order valence-corrected chi connectivity index (χ0v) is 18.7. The number of ketones is 2. The summed E-state index contributed by atoms with van der Waals surface area (Å²) < 4.78 is 10.9. The van der Waals surface area contributed by atoms with Crippen molar-refractivity contribution in [1.29, 1.82) is 0 Å². The SMILES string of the molecule is COc1cc(C#C[Si](C)(C)C)cc(Cl)c1C1C(=O)CC2(CCOCC2)CC1=O. The van der Waals surface area contributed by atoms with Gasteiger partial charge in [0.25, 0.3) is 0 Å². The van der Waals surface area contributed by atoms with Crippen molar-refractivity contribution in [3.8, 4) is 17.2 Å². The average Bonchev–Trinajstić information content (AvgIpc) is 2.60. The maximum atomic E-state index is 13.0. The highest BCUT2D eigenvalue weighted by Gasteiger charge is 2.47. The maximum Gasteiger partial charge on any atom is 0.148 e. The lowest BCUT2D eigenvalue weighted by Crippen LogP contribution is -2.42. The summed E-state index contributed by atoms with van der Waals surface area (Å²) in [6.07, 6.45) is 2.30. The Hall–Kier alpha value is -1.61. The third-order valence-corrected chi connectivity index (χ3v) is 6.67. The highest BCUT2D eigenvalue weighted by atomic mass is 35.5. The number of Topliss-reactive ketones (excluding diaryl/α,β-unsaturated/α-hetero) is 2. The van der Waals surface area contributed by atoms with Crippen LogP contribution in [0.5, 0.6) is 5.75 Å². The predicted octanol–water partition coefficient (Wildman–Crippen LogP) is 4.39. The van der Waals surface area contributed by atoms with E-state index in [2.05, 4.69) is 31.1 Å². The molecule has 0 N–H and O–H groups in total. The lowest BCUT2D eigenvalue weighted by Gasteiger charge is -2.41. The molecular formula is C22H27ClO4Si. The number of carbonyl (C=O) groups is 2. The fourth-order valence-corrected chi connectivity index (χ4v) is 4.88. The van der Waals surface area contributed by atoms with E-state index >= 15 is 0 Å². The minimum Gasteiger partial charge on any atom is -0.496 e. The second-order valence-electron chi connectivity index (χ2n) is 8.91. The topological polar surface area (TPSA) is 52.6 Å². The smallest absolute Gasteiger partial charge is 0.148 e. The molecule has 0 unspecified atom stereocenters. The molecule has 0 atom stereocenters. The van der Waals surface area contributed by atoms with Crippen LogP contribution in [0, 0.1) is 16.9 Å². The molecule has 0 radical (unpaired) electrons. The third-order valence-electron chi connectivity index (χ3n) is 5.48. The van der Waals surface area contributed by atoms with Gasteiger partial charge in [0.2, 0.25) is 0 Å². The van der Waals surface area contributed by atoms with Crippen molar-refractivity contribution < 1.29 is 19.1 Å². The van der Waals surface area contributed by atoms with E-state index in [9.17, 15) is 9.59 Å². The summed E-state index contributed by atoms with van der Waals surface area (Å²) in [7, 11) is -0.00863. The Morgan fingerprint density at radius 1 is 1.14 bits per heavy atom. The monoisotopic (exact) mass is 418 g/mol. The van der Waals surface area contributed by atoms with Crippen LogP contribution in [0.25, 0.3) is 0 Å². The molecule has 1 aliphatic heterocycles. The molecule has 150 valence electrons. The van der Waals surface area contributed by atoms with Crippen LogP contribution < -0.4 is 4.74 Å². The van der Waals surface area contributed by atoms with Crippen LogP contribution in [0.3, 0.4) is 0 Å². The first-order valence-electron chi connectivity index (χ1n) is 9.68. The van der Waals surface area contributed by atoms with Crippen molar-refractivity contribution in [1.82, 2.24) is 0 Å². The van der Waals surface area contributed by atoms with E-state index in [1.807, 2.05) is 0 Å². The van der Waals surface area contributed by atoms with Gasteiger partial charge in [-0.1, -0.05) is 37.2 Å². The highest BCUT2D eigenvalue weighted by Crippen LogP contribution is 2.48. The second-order valence-corrected chi connectivity index (χ2v) is 14.1. The number of benzene rings is 1. The Morgan fingerprint density at radius 2 is 1.75 bits per heavy atom. The van der Waals surface area contributed by atoms with E-state index in [-0.39, 0.29) is 17.0 Å². The van der Waals surface area contributed by atoms with Gasteiger partial charge in [0, 0.05) is 42.2 Å². The fourth-order valence-electron chi connectivity index (χ4n) is 4.04. The van der Waals surface area contributed by atoms with Crippen LogP contribution in [0.4, 0.5) is 0 Å². The molecule has 1 saturated carbocycles. The van der Waals surface area contributed by atoms with Gasteiger partial charge in [0.05, 0.1) is 7.11 Å². The minimum absolute atomic E-state index is 0.0701. The number of halogens is 1. The van der Waals surface area contributed by atoms with Crippen molar-refractivity contribution in [3.05, 3.63) is 28.3 Å². The number of carbonyl (C=O) groups excluding carboxylic acids is 2. The van der Waals surface area contributed by atoms with Gasteiger partial charge in [0.1, 0.15) is 31.3 Å². The van der Waals surface area contributed by atoms with Crippen LogP contribution in [-0.4, -0.2) is 40.0 Å². The molecule has 0 bridgehead atoms. The van der Waals surface area contributed by atoms with E-state index < -0.39 is 14.0 Å². The summed E-state index contributed by atoms with van der Waals surface area (Å²) in [5.41, 5.74) is 4.28. The number of hydrogen-bond donors (Lipinski definition) is 0. The Bertz CT molecular complexity index is 834. The molecule has 28 heavy (non-hydrogen) atoms. The zero-order valence-electron chi connectivity index (χ0n) is 17.0. The molecule has 1 aromatic rings. The van der Waals surface area contributed by atoms with Crippen molar-refractivity contribution in [3.63, 3.8) is 0 Å². The fraction of sp³-hybridized carbons (Fsp3) is 0.545. The third kappa shape index (κ3) is 4.51. The molecule has 1 heterocycles. The molecule has 4 nitrogen and oxygen atoms in total. The summed E-state index contributed by atoms with van der Waals surface area (Å²) in [6, 6.07) is 3.53. The normalized spacial score (nSPS) is 20.0. The van der Waals surface area contributed by atoms with Gasteiger partial charge in [-0.15, -0.1) is 5.54 Å². The van der Waals surface area contributed by atoms with Crippen molar-refractivity contribution in [2.24, 2.45) is 5.41 Å².